The smallest absolute Gasteiger partial charge is 0.252 e. The summed E-state index contributed by atoms with van der Waals surface area (Å²) < 4.78 is 36.6. The van der Waals surface area contributed by atoms with E-state index in [0.29, 0.717) is 0 Å². The Morgan fingerprint density at radius 3 is 2.07 bits per heavy atom. The second-order valence-corrected chi connectivity index (χ2v) is 4.79. The number of aromatic nitrogens is 1. The van der Waals surface area contributed by atoms with Gasteiger partial charge in [-0.2, -0.15) is 13.2 Å². The summed E-state index contributed by atoms with van der Waals surface area (Å²) in [6.07, 6.45) is -2.33. The van der Waals surface area contributed by atoms with E-state index >= 15 is 0 Å². The van der Waals surface area contributed by atoms with Crippen molar-refractivity contribution in [3.8, 4) is 0 Å². The van der Waals surface area contributed by atoms with Crippen molar-refractivity contribution < 1.29 is 13.2 Å². The van der Waals surface area contributed by atoms with Gasteiger partial charge in [-0.05, 0) is 23.5 Å². The van der Waals surface area contributed by atoms with Gasteiger partial charge in [0.25, 0.3) is 0 Å². The lowest BCUT2D eigenvalue weighted by atomic mass is 9.89. The Morgan fingerprint density at radius 1 is 1.13 bits per heavy atom. The first kappa shape index (κ1) is 12.0. The summed E-state index contributed by atoms with van der Waals surface area (Å²) in [6, 6.07) is 2.52. The van der Waals surface area contributed by atoms with Crippen molar-refractivity contribution in [3.63, 3.8) is 0 Å². The van der Waals surface area contributed by atoms with E-state index in [-0.39, 0.29) is 5.41 Å². The summed E-state index contributed by atoms with van der Waals surface area (Å²) in [5.74, 6) is 0. The summed E-state index contributed by atoms with van der Waals surface area (Å²) in [4.78, 5) is 3.41. The largest absolute Gasteiger partial charge is 0.433 e. The molecule has 0 aliphatic carbocycles. The third-order valence-electron chi connectivity index (χ3n) is 1.85. The van der Waals surface area contributed by atoms with E-state index in [9.17, 15) is 13.2 Å². The normalized spacial score (nSPS) is 12.9. The number of alkyl halides is 3. The highest BCUT2D eigenvalue weighted by molar-refractivity contribution is 5.16. The first-order valence-electron chi connectivity index (χ1n) is 4.71. The second-order valence-electron chi connectivity index (χ2n) is 4.79. The second kappa shape index (κ2) is 3.83. The third-order valence-corrected chi connectivity index (χ3v) is 1.85. The van der Waals surface area contributed by atoms with Crippen molar-refractivity contribution in [2.24, 2.45) is 5.41 Å². The van der Waals surface area contributed by atoms with Gasteiger partial charge in [-0.3, -0.25) is 4.98 Å². The summed E-state index contributed by atoms with van der Waals surface area (Å²) >= 11 is 0. The highest BCUT2D eigenvalue weighted by Gasteiger charge is 2.32. The zero-order valence-electron chi connectivity index (χ0n) is 9.02. The van der Waals surface area contributed by atoms with Crippen molar-refractivity contribution >= 4 is 0 Å². The van der Waals surface area contributed by atoms with Crippen LogP contribution in [-0.4, -0.2) is 4.98 Å². The Morgan fingerprint density at radius 2 is 1.73 bits per heavy atom. The quantitative estimate of drug-likeness (QED) is 0.699. The SMILES string of the molecule is CC(C)(C)Cc1ccc(C(F)(F)F)nc1. The maximum Gasteiger partial charge on any atom is 0.433 e. The van der Waals surface area contributed by atoms with E-state index in [1.165, 1.54) is 12.3 Å². The lowest BCUT2D eigenvalue weighted by Crippen LogP contribution is -2.11. The standard InChI is InChI=1S/C11H14F3N/c1-10(2,3)6-8-4-5-9(15-7-8)11(12,13)14/h4-5,7H,6H2,1-3H3. The first-order valence-corrected chi connectivity index (χ1v) is 4.71. The molecule has 4 heteroatoms. The number of rotatable bonds is 1. The molecule has 1 heterocycles. The molecule has 0 saturated heterocycles. The van der Waals surface area contributed by atoms with Gasteiger partial charge in [0.1, 0.15) is 5.69 Å². The summed E-state index contributed by atoms with van der Waals surface area (Å²) in [6.45, 7) is 6.10. The Hall–Kier alpha value is -1.06. The van der Waals surface area contributed by atoms with E-state index in [2.05, 4.69) is 4.98 Å². The van der Waals surface area contributed by atoms with Gasteiger partial charge in [-0.15, -0.1) is 0 Å². The predicted octanol–water partition coefficient (Wildman–Crippen LogP) is 3.69. The summed E-state index contributed by atoms with van der Waals surface area (Å²) in [5, 5.41) is 0. The zero-order chi connectivity index (χ0) is 11.7. The van der Waals surface area contributed by atoms with E-state index in [4.69, 9.17) is 0 Å². The molecule has 1 aromatic heterocycles. The molecule has 0 unspecified atom stereocenters. The molecule has 15 heavy (non-hydrogen) atoms. The summed E-state index contributed by atoms with van der Waals surface area (Å²) in [5.41, 5.74) is 0.0530. The van der Waals surface area contributed by atoms with Gasteiger partial charge in [0.15, 0.2) is 0 Å². The number of hydrogen-bond acceptors (Lipinski definition) is 1. The molecule has 84 valence electrons. The average molecular weight is 217 g/mol. The van der Waals surface area contributed by atoms with Gasteiger partial charge in [0.2, 0.25) is 0 Å². The monoisotopic (exact) mass is 217 g/mol. The van der Waals surface area contributed by atoms with E-state index < -0.39 is 11.9 Å². The molecule has 1 rings (SSSR count). The molecule has 1 nitrogen and oxygen atoms in total. The number of hydrogen-bond donors (Lipinski definition) is 0. The molecule has 0 atom stereocenters. The van der Waals surface area contributed by atoms with Crippen LogP contribution in [0, 0.1) is 5.41 Å². The van der Waals surface area contributed by atoms with Crippen LogP contribution in [0.3, 0.4) is 0 Å². The molecule has 0 aromatic carbocycles. The minimum atomic E-state index is -4.35. The zero-order valence-corrected chi connectivity index (χ0v) is 9.02. The molecule has 1 aromatic rings. The van der Waals surface area contributed by atoms with E-state index in [1.807, 2.05) is 20.8 Å². The molecule has 0 N–H and O–H groups in total. The third kappa shape index (κ3) is 3.90. The average Bonchev–Trinajstić information content (AvgIpc) is 2.00. The van der Waals surface area contributed by atoms with Crippen LogP contribution in [0.5, 0.6) is 0 Å². The van der Waals surface area contributed by atoms with Crippen LogP contribution in [0.15, 0.2) is 18.3 Å². The molecule has 0 amide bonds. The van der Waals surface area contributed by atoms with Gasteiger partial charge in [0, 0.05) is 6.20 Å². The van der Waals surface area contributed by atoms with E-state index in [1.54, 1.807) is 0 Å². The molecule has 0 aliphatic rings. The van der Waals surface area contributed by atoms with Crippen LogP contribution in [0.1, 0.15) is 32.0 Å². The predicted molar refractivity (Wildman–Crippen MR) is 52.4 cm³/mol. The number of nitrogens with zero attached hydrogens (tertiary/aromatic N) is 1. The lowest BCUT2D eigenvalue weighted by Gasteiger charge is -2.17. The maximum absolute atomic E-state index is 12.2. The molecule has 0 radical (unpaired) electrons. The molecule has 0 bridgehead atoms. The van der Waals surface area contributed by atoms with Crippen LogP contribution in [-0.2, 0) is 12.6 Å². The highest BCUT2D eigenvalue weighted by Crippen LogP contribution is 2.28. The van der Waals surface area contributed by atoms with Crippen LogP contribution in [0.4, 0.5) is 13.2 Å². The topological polar surface area (TPSA) is 12.9 Å². The Bertz CT molecular complexity index is 319. The van der Waals surface area contributed by atoms with Crippen molar-refractivity contribution in [2.75, 3.05) is 0 Å². The lowest BCUT2D eigenvalue weighted by molar-refractivity contribution is -0.141. The van der Waals surface area contributed by atoms with Crippen molar-refractivity contribution in [3.05, 3.63) is 29.6 Å². The molecule has 0 saturated carbocycles. The maximum atomic E-state index is 12.2. The Kier molecular flexibility index (Phi) is 3.07. The van der Waals surface area contributed by atoms with Crippen LogP contribution >= 0.6 is 0 Å². The molecular formula is C11H14F3N. The number of halogens is 3. The highest BCUT2D eigenvalue weighted by atomic mass is 19.4. The fraction of sp³-hybridized carbons (Fsp3) is 0.545. The molecule has 0 aliphatic heterocycles. The van der Waals surface area contributed by atoms with E-state index in [0.717, 1.165) is 18.1 Å². The molecule has 0 spiro atoms. The minimum absolute atomic E-state index is 0.0570. The van der Waals surface area contributed by atoms with Gasteiger partial charge < -0.3 is 0 Å². The van der Waals surface area contributed by atoms with Gasteiger partial charge in [-0.1, -0.05) is 26.8 Å². The minimum Gasteiger partial charge on any atom is -0.252 e. The van der Waals surface area contributed by atoms with Crippen LogP contribution < -0.4 is 0 Å². The number of pyridine rings is 1. The van der Waals surface area contributed by atoms with Crippen molar-refractivity contribution in [1.82, 2.24) is 4.98 Å². The molecule has 0 fully saturated rings. The van der Waals surface area contributed by atoms with Crippen molar-refractivity contribution in [2.45, 2.75) is 33.4 Å². The Balaban J connectivity index is 2.82. The fourth-order valence-corrected chi connectivity index (χ4v) is 1.31. The van der Waals surface area contributed by atoms with Gasteiger partial charge in [-0.25, -0.2) is 0 Å². The summed E-state index contributed by atoms with van der Waals surface area (Å²) in [7, 11) is 0. The van der Waals surface area contributed by atoms with Crippen LogP contribution in [0.25, 0.3) is 0 Å². The van der Waals surface area contributed by atoms with Gasteiger partial charge >= 0.3 is 6.18 Å². The fourth-order valence-electron chi connectivity index (χ4n) is 1.31. The Labute approximate surface area is 87.3 Å². The van der Waals surface area contributed by atoms with Crippen LogP contribution in [0.2, 0.25) is 0 Å². The van der Waals surface area contributed by atoms with Crippen molar-refractivity contribution in [1.29, 1.82) is 0 Å². The molecular weight excluding hydrogens is 203 g/mol. The van der Waals surface area contributed by atoms with Gasteiger partial charge in [0.05, 0.1) is 0 Å². The first-order chi connectivity index (χ1) is 6.68.